The minimum Gasteiger partial charge on any atom is -0.476 e. The molecule has 0 aromatic carbocycles. The summed E-state index contributed by atoms with van der Waals surface area (Å²) in [6, 6.07) is 2.04. The van der Waals surface area contributed by atoms with Gasteiger partial charge in [0.05, 0.1) is 90.4 Å². The first-order chi connectivity index (χ1) is 30.4. The molecule has 2 heterocycles. The molecule has 0 saturated carbocycles. The molecule has 7 unspecified atom stereocenters. The zero-order valence-electron chi connectivity index (χ0n) is 39.6. The van der Waals surface area contributed by atoms with Crippen LogP contribution in [0.1, 0.15) is 32.1 Å². The van der Waals surface area contributed by atoms with Crippen molar-refractivity contribution in [1.82, 2.24) is 0 Å². The Morgan fingerprint density at radius 2 is 0.952 bits per heavy atom. The van der Waals surface area contributed by atoms with Crippen LogP contribution in [0.5, 0.6) is 0 Å². The summed E-state index contributed by atoms with van der Waals surface area (Å²) in [6.07, 6.45) is 6.28. The highest BCUT2D eigenvalue weighted by atomic mass is 28.4. The molecule has 2 rings (SSSR count). The van der Waals surface area contributed by atoms with E-state index in [2.05, 4.69) is 19.7 Å². The highest BCUT2D eigenvalue weighted by Crippen LogP contribution is 2.23. The highest BCUT2D eigenvalue weighted by Gasteiger charge is 2.42. The second kappa shape index (κ2) is 34.5. The van der Waals surface area contributed by atoms with Crippen molar-refractivity contribution in [2.45, 2.75) is 94.3 Å². The smallest absolute Gasteiger partial charge is 0.476 e. The molecule has 23 heteroatoms. The molecule has 2 fully saturated rings. The quantitative estimate of drug-likeness (QED) is 0.0266. The summed E-state index contributed by atoms with van der Waals surface area (Å²) in [5.41, 5.74) is 0. The van der Waals surface area contributed by atoms with E-state index in [4.69, 9.17) is 87.2 Å². The number of unbranched alkanes of at least 4 members (excludes halogenated alkanes) is 1. The van der Waals surface area contributed by atoms with Gasteiger partial charge in [0.1, 0.15) is 12.2 Å². The molecule has 2 saturated heterocycles. The summed E-state index contributed by atoms with van der Waals surface area (Å²) in [7, 11) is -2.75. The Kier molecular flexibility index (Phi) is 32.0. The van der Waals surface area contributed by atoms with Crippen molar-refractivity contribution in [3.05, 3.63) is 25.7 Å². The Hall–Kier alpha value is -0.732. The lowest BCUT2D eigenvalue weighted by Gasteiger charge is -2.33. The number of epoxide rings is 2. The molecule has 2 aliphatic heterocycles. The molecule has 7 atom stereocenters. The van der Waals surface area contributed by atoms with Gasteiger partial charge in [0.15, 0.2) is 13.6 Å². The van der Waals surface area contributed by atoms with Crippen LogP contribution in [-0.2, 0) is 87.2 Å². The van der Waals surface area contributed by atoms with Crippen molar-refractivity contribution in [3.8, 4) is 0 Å². The van der Waals surface area contributed by atoms with Crippen LogP contribution in [0.15, 0.2) is 25.7 Å². The minimum absolute atomic E-state index is 0.0552. The van der Waals surface area contributed by atoms with Gasteiger partial charge < -0.3 is 87.2 Å². The first-order valence-electron chi connectivity index (χ1n) is 22.0. The lowest BCUT2D eigenvalue weighted by molar-refractivity contribution is -0.0296. The maximum absolute atomic E-state index is 6.64. The monoisotopic (exact) mass is 978 g/mol. The van der Waals surface area contributed by atoms with E-state index in [1.807, 2.05) is 13.1 Å². The van der Waals surface area contributed by atoms with Crippen molar-refractivity contribution < 1.29 is 87.2 Å². The Morgan fingerprint density at radius 1 is 0.508 bits per heavy atom. The van der Waals surface area contributed by atoms with Crippen LogP contribution < -0.4 is 0 Å². The predicted octanol–water partition coefficient (Wildman–Crippen LogP) is 4.80. The summed E-state index contributed by atoms with van der Waals surface area (Å²) in [6.45, 7) is 19.7. The Balaban J connectivity index is 1.94. The van der Waals surface area contributed by atoms with E-state index < -0.39 is 46.7 Å². The van der Waals surface area contributed by atoms with E-state index in [1.165, 1.54) is 12.5 Å². The lowest BCUT2D eigenvalue weighted by atomic mass is 10.3. The number of hydrogen-bond acceptors (Lipinski definition) is 19. The molecule has 19 nitrogen and oxygen atoms in total. The van der Waals surface area contributed by atoms with Gasteiger partial charge in [-0.1, -0.05) is 13.2 Å². The molecule has 2 aliphatic rings. The van der Waals surface area contributed by atoms with E-state index in [0.717, 1.165) is 44.9 Å². The van der Waals surface area contributed by atoms with Gasteiger partial charge in [0, 0.05) is 68.0 Å². The van der Waals surface area contributed by atoms with E-state index in [0.29, 0.717) is 71.4 Å². The average Bonchev–Trinajstić information content (AvgIpc) is 4.25. The largest absolute Gasteiger partial charge is 0.500 e. The van der Waals surface area contributed by atoms with E-state index in [-0.39, 0.29) is 51.8 Å². The lowest BCUT2D eigenvalue weighted by Crippen LogP contribution is -2.50. The highest BCUT2D eigenvalue weighted by molar-refractivity contribution is 6.66. The molecule has 0 aromatic heterocycles. The number of ether oxygens (including phenoxy) is 10. The maximum atomic E-state index is 6.64. The molecule has 372 valence electrons. The fourth-order valence-electron chi connectivity index (χ4n) is 5.88. The van der Waals surface area contributed by atoms with Crippen LogP contribution in [0.3, 0.4) is 0 Å². The van der Waals surface area contributed by atoms with E-state index in [1.54, 1.807) is 35.5 Å². The van der Waals surface area contributed by atoms with Gasteiger partial charge in [0.25, 0.3) is 0 Å². The van der Waals surface area contributed by atoms with Gasteiger partial charge in [-0.05, 0) is 63.8 Å². The van der Waals surface area contributed by atoms with Crippen LogP contribution in [0, 0.1) is 0 Å². The summed E-state index contributed by atoms with van der Waals surface area (Å²) >= 11 is 0. The van der Waals surface area contributed by atoms with Crippen LogP contribution >= 0.6 is 0 Å². The maximum Gasteiger partial charge on any atom is 0.500 e. The van der Waals surface area contributed by atoms with Gasteiger partial charge in [-0.25, -0.2) is 0 Å². The van der Waals surface area contributed by atoms with Crippen molar-refractivity contribution in [2.75, 3.05) is 141 Å². The molecule has 63 heavy (non-hydrogen) atoms. The van der Waals surface area contributed by atoms with Crippen LogP contribution in [-0.4, -0.2) is 200 Å². The Bertz CT molecular complexity index is 1150. The van der Waals surface area contributed by atoms with Crippen molar-refractivity contribution in [2.24, 2.45) is 0 Å². The first-order valence-corrected chi connectivity index (χ1v) is 31.5. The van der Waals surface area contributed by atoms with Gasteiger partial charge >= 0.3 is 34.5 Å². The van der Waals surface area contributed by atoms with Crippen molar-refractivity contribution >= 4 is 34.5 Å². The molecule has 0 aromatic rings. The number of hydrogen-bond donors (Lipinski definition) is 0. The summed E-state index contributed by atoms with van der Waals surface area (Å²) in [5, 5.41) is 0. The Labute approximate surface area is 381 Å². The number of rotatable bonds is 48. The molecule has 0 amide bonds. The normalized spacial score (nSPS) is 20.0. The second-order valence-corrected chi connectivity index (χ2v) is 28.6. The fraction of sp³-hybridized carbons (Fsp3) is 0.900. The van der Waals surface area contributed by atoms with E-state index >= 15 is 0 Å². The van der Waals surface area contributed by atoms with Gasteiger partial charge in [-0.3, -0.25) is 0 Å². The SMILES string of the molecule is C=COCOCCC[Si](C)(OC)OC(COCCCCOCC(CO[Si](C)(CCCOCC1CO1)OC)O[Si](CCCOCC1CO1)(OC)OC)CO[Si](C)(COCOC=C)OC. The standard InChI is InChI=1S/C40H82O19Si4/c1-11-46-34-52-22-16-24-61(9,42-4)58-39(32-57-62(10,43-5)36-53-35-47-12-2)28-48-18-13-14-19-49-29-40(33-56-60(8,41-3)23-15-20-50-26-37-30-54-37)59-63(44-6,45-7)25-17-21-51-27-38-31-55-38/h11-12,37-40H,1-2,13-36H2,3-10H3. The minimum atomic E-state index is -3.09. The summed E-state index contributed by atoms with van der Waals surface area (Å²) < 4.78 is 111. The van der Waals surface area contributed by atoms with Crippen LogP contribution in [0.2, 0.25) is 37.8 Å². The third-order valence-electron chi connectivity index (χ3n) is 10.2. The van der Waals surface area contributed by atoms with Gasteiger partial charge in [-0.15, -0.1) is 0 Å². The summed E-state index contributed by atoms with van der Waals surface area (Å²) in [4.78, 5) is 0. The molecule has 0 aliphatic carbocycles. The van der Waals surface area contributed by atoms with Crippen molar-refractivity contribution in [1.29, 1.82) is 0 Å². The topological polar surface area (TPSA) is 182 Å². The van der Waals surface area contributed by atoms with Crippen LogP contribution in [0.25, 0.3) is 0 Å². The average molecular weight is 979 g/mol. The Morgan fingerprint density at radius 3 is 1.44 bits per heavy atom. The van der Waals surface area contributed by atoms with E-state index in [9.17, 15) is 0 Å². The zero-order chi connectivity index (χ0) is 46.1. The first kappa shape index (κ1) is 58.4. The molecule has 0 bridgehead atoms. The van der Waals surface area contributed by atoms with Crippen molar-refractivity contribution in [3.63, 3.8) is 0 Å². The molecular formula is C40H82O19Si4. The zero-order valence-corrected chi connectivity index (χ0v) is 43.6. The fourth-order valence-corrected chi connectivity index (χ4v) is 13.1. The second-order valence-electron chi connectivity index (χ2n) is 15.6. The molecule has 0 spiro atoms. The summed E-state index contributed by atoms with van der Waals surface area (Å²) in [5.74, 6) is 0. The van der Waals surface area contributed by atoms with Crippen LogP contribution in [0.4, 0.5) is 0 Å². The molecule has 0 radical (unpaired) electrons. The predicted molar refractivity (Wildman–Crippen MR) is 242 cm³/mol. The molecular weight excluding hydrogens is 897 g/mol. The molecule has 0 N–H and O–H groups in total. The third kappa shape index (κ3) is 28.3. The third-order valence-corrected chi connectivity index (χ3v) is 21.3. The van der Waals surface area contributed by atoms with Gasteiger partial charge in [-0.2, -0.15) is 0 Å². The van der Waals surface area contributed by atoms with Gasteiger partial charge in [0.2, 0.25) is 0 Å².